The Morgan fingerprint density at radius 3 is 2.75 bits per heavy atom. The van der Waals surface area contributed by atoms with Gasteiger partial charge in [0, 0.05) is 39.1 Å². The summed E-state index contributed by atoms with van der Waals surface area (Å²) in [7, 11) is 1.60. The molecule has 3 aromatic rings. The van der Waals surface area contributed by atoms with Crippen LogP contribution in [0, 0.1) is 0 Å². The molecule has 0 spiro atoms. The first-order valence-electron chi connectivity index (χ1n) is 8.40. The Kier molecular flexibility index (Phi) is 7.14. The fourth-order valence-corrected chi connectivity index (χ4v) is 3.55. The number of methoxy groups -OCH3 is 1. The highest BCUT2D eigenvalue weighted by molar-refractivity contribution is 7.99. The Hall–Kier alpha value is -2.28. The topological polar surface area (TPSA) is 63.6 Å². The molecule has 1 heterocycles. The molecule has 3 rings (SSSR count). The molecular formula is C20H17Cl2N3O2S. The SMILES string of the molecule is COc1ccc2cc(C=NNC(=O)CCSc3ccc(Cl)cc3)c(Cl)nc2c1. The third-order valence-corrected chi connectivity index (χ3v) is 5.38. The van der Waals surface area contributed by atoms with Crippen LogP contribution >= 0.6 is 35.0 Å². The lowest BCUT2D eigenvalue weighted by atomic mass is 10.1. The van der Waals surface area contributed by atoms with Crippen molar-refractivity contribution in [2.24, 2.45) is 5.10 Å². The van der Waals surface area contributed by atoms with Crippen LogP contribution in [-0.2, 0) is 4.79 Å². The maximum absolute atomic E-state index is 11.9. The normalized spacial score (nSPS) is 11.1. The number of hydrazone groups is 1. The molecule has 1 aromatic heterocycles. The van der Waals surface area contributed by atoms with E-state index in [0.717, 1.165) is 15.8 Å². The maximum Gasteiger partial charge on any atom is 0.240 e. The molecule has 0 unspecified atom stereocenters. The number of pyridine rings is 1. The van der Waals surface area contributed by atoms with Crippen molar-refractivity contribution in [3.8, 4) is 5.75 Å². The number of thioether (sulfide) groups is 1. The highest BCUT2D eigenvalue weighted by Gasteiger charge is 2.05. The molecule has 0 radical (unpaired) electrons. The minimum Gasteiger partial charge on any atom is -0.497 e. The number of carbonyl (C=O) groups excluding carboxylic acids is 1. The van der Waals surface area contributed by atoms with Gasteiger partial charge in [0.15, 0.2) is 0 Å². The predicted octanol–water partition coefficient (Wildman–Crippen LogP) is 5.18. The highest BCUT2D eigenvalue weighted by atomic mass is 35.5. The zero-order chi connectivity index (χ0) is 19.9. The molecule has 2 aromatic carbocycles. The minimum absolute atomic E-state index is 0.174. The van der Waals surface area contributed by atoms with Gasteiger partial charge in [0.2, 0.25) is 5.91 Å². The Labute approximate surface area is 177 Å². The molecule has 1 amide bonds. The molecule has 8 heteroatoms. The molecule has 0 aliphatic heterocycles. The summed E-state index contributed by atoms with van der Waals surface area (Å²) in [5, 5.41) is 5.87. The predicted molar refractivity (Wildman–Crippen MR) is 116 cm³/mol. The standard InChI is InChI=1S/C20H17Cl2N3O2S/c1-27-16-5-2-13-10-14(20(22)24-18(13)11-16)12-23-25-19(26)8-9-28-17-6-3-15(21)4-7-17/h2-7,10-12H,8-9H2,1H3,(H,25,26). The average molecular weight is 434 g/mol. The number of fused-ring (bicyclic) bond motifs is 1. The van der Waals surface area contributed by atoms with Crippen molar-refractivity contribution in [1.29, 1.82) is 0 Å². The lowest BCUT2D eigenvalue weighted by Crippen LogP contribution is -2.17. The molecular weight excluding hydrogens is 417 g/mol. The second kappa shape index (κ2) is 9.78. The summed E-state index contributed by atoms with van der Waals surface area (Å²) in [6.45, 7) is 0. The van der Waals surface area contributed by atoms with Crippen molar-refractivity contribution in [3.05, 3.63) is 64.3 Å². The Bertz CT molecular complexity index is 1010. The van der Waals surface area contributed by atoms with E-state index in [1.54, 1.807) is 18.9 Å². The number of benzene rings is 2. The van der Waals surface area contributed by atoms with E-state index in [0.29, 0.717) is 33.7 Å². The molecule has 0 aliphatic carbocycles. The van der Waals surface area contributed by atoms with Crippen LogP contribution in [0.1, 0.15) is 12.0 Å². The van der Waals surface area contributed by atoms with Crippen molar-refractivity contribution >= 4 is 58.0 Å². The Morgan fingerprint density at radius 2 is 2.00 bits per heavy atom. The number of halogens is 2. The lowest BCUT2D eigenvalue weighted by molar-refractivity contribution is -0.120. The third-order valence-electron chi connectivity index (χ3n) is 3.81. The zero-order valence-corrected chi connectivity index (χ0v) is 17.3. The van der Waals surface area contributed by atoms with E-state index in [4.69, 9.17) is 27.9 Å². The van der Waals surface area contributed by atoms with Gasteiger partial charge in [-0.2, -0.15) is 5.10 Å². The number of hydrogen-bond acceptors (Lipinski definition) is 5. The number of nitrogens with one attached hydrogen (secondary N) is 1. The molecule has 1 N–H and O–H groups in total. The average Bonchev–Trinajstić information content (AvgIpc) is 2.69. The molecule has 0 aliphatic rings. The number of carbonyl (C=O) groups is 1. The molecule has 0 fully saturated rings. The fraction of sp³-hybridized carbons (Fsp3) is 0.150. The monoisotopic (exact) mass is 433 g/mol. The lowest BCUT2D eigenvalue weighted by Gasteiger charge is -2.05. The number of rotatable bonds is 7. The number of ether oxygens (including phenoxy) is 1. The summed E-state index contributed by atoms with van der Waals surface area (Å²) in [5.41, 5.74) is 3.86. The van der Waals surface area contributed by atoms with Gasteiger partial charge in [-0.15, -0.1) is 11.8 Å². The van der Waals surface area contributed by atoms with E-state index in [-0.39, 0.29) is 5.91 Å². The second-order valence-electron chi connectivity index (χ2n) is 5.77. The van der Waals surface area contributed by atoms with E-state index >= 15 is 0 Å². The van der Waals surface area contributed by atoms with Crippen LogP contribution in [0.2, 0.25) is 10.2 Å². The molecule has 0 atom stereocenters. The van der Waals surface area contributed by atoms with Crippen LogP contribution in [0.3, 0.4) is 0 Å². The maximum atomic E-state index is 11.9. The minimum atomic E-state index is -0.174. The van der Waals surface area contributed by atoms with E-state index in [2.05, 4.69) is 15.5 Å². The van der Waals surface area contributed by atoms with Gasteiger partial charge in [-0.25, -0.2) is 10.4 Å². The molecule has 5 nitrogen and oxygen atoms in total. The van der Waals surface area contributed by atoms with Crippen LogP contribution in [0.25, 0.3) is 10.9 Å². The van der Waals surface area contributed by atoms with Crippen LogP contribution < -0.4 is 10.2 Å². The number of amides is 1. The Morgan fingerprint density at radius 1 is 1.21 bits per heavy atom. The van der Waals surface area contributed by atoms with E-state index in [9.17, 15) is 4.79 Å². The summed E-state index contributed by atoms with van der Waals surface area (Å²) in [5.74, 6) is 1.18. The summed E-state index contributed by atoms with van der Waals surface area (Å²) in [4.78, 5) is 17.3. The van der Waals surface area contributed by atoms with Gasteiger partial charge in [-0.05, 0) is 42.5 Å². The zero-order valence-electron chi connectivity index (χ0n) is 15.0. The van der Waals surface area contributed by atoms with E-state index in [1.807, 2.05) is 48.5 Å². The summed E-state index contributed by atoms with van der Waals surface area (Å²) in [6.07, 6.45) is 1.83. The largest absolute Gasteiger partial charge is 0.497 e. The molecule has 0 saturated heterocycles. The summed E-state index contributed by atoms with van der Waals surface area (Å²) in [6, 6.07) is 14.9. The van der Waals surface area contributed by atoms with Crippen molar-refractivity contribution in [2.75, 3.05) is 12.9 Å². The van der Waals surface area contributed by atoms with Gasteiger partial charge >= 0.3 is 0 Å². The Balaban J connectivity index is 1.54. The van der Waals surface area contributed by atoms with Crippen LogP contribution in [0.15, 0.2) is 58.5 Å². The van der Waals surface area contributed by atoms with Crippen LogP contribution in [-0.4, -0.2) is 30.0 Å². The number of aromatic nitrogens is 1. The van der Waals surface area contributed by atoms with Crippen molar-refractivity contribution in [2.45, 2.75) is 11.3 Å². The van der Waals surface area contributed by atoms with Crippen molar-refractivity contribution in [3.63, 3.8) is 0 Å². The van der Waals surface area contributed by atoms with Gasteiger partial charge in [-0.1, -0.05) is 23.2 Å². The smallest absolute Gasteiger partial charge is 0.240 e. The number of hydrogen-bond donors (Lipinski definition) is 1. The van der Waals surface area contributed by atoms with Gasteiger partial charge in [-0.3, -0.25) is 4.79 Å². The first kappa shape index (κ1) is 20.5. The van der Waals surface area contributed by atoms with Gasteiger partial charge in [0.1, 0.15) is 10.9 Å². The number of nitrogens with zero attached hydrogens (tertiary/aromatic N) is 2. The quantitative estimate of drug-likeness (QED) is 0.241. The van der Waals surface area contributed by atoms with Gasteiger partial charge in [0.25, 0.3) is 0 Å². The van der Waals surface area contributed by atoms with E-state index < -0.39 is 0 Å². The first-order valence-corrected chi connectivity index (χ1v) is 10.1. The summed E-state index contributed by atoms with van der Waals surface area (Å²) >= 11 is 13.6. The first-order chi connectivity index (χ1) is 13.5. The van der Waals surface area contributed by atoms with Crippen LogP contribution in [0.4, 0.5) is 0 Å². The van der Waals surface area contributed by atoms with Crippen molar-refractivity contribution < 1.29 is 9.53 Å². The second-order valence-corrected chi connectivity index (χ2v) is 7.74. The van der Waals surface area contributed by atoms with Gasteiger partial charge < -0.3 is 4.74 Å². The molecule has 0 bridgehead atoms. The molecule has 0 saturated carbocycles. The van der Waals surface area contributed by atoms with Crippen molar-refractivity contribution in [1.82, 2.24) is 10.4 Å². The van der Waals surface area contributed by atoms with Gasteiger partial charge in [0.05, 0.1) is 18.8 Å². The summed E-state index contributed by atoms with van der Waals surface area (Å²) < 4.78 is 5.18. The highest BCUT2D eigenvalue weighted by Crippen LogP contribution is 2.23. The van der Waals surface area contributed by atoms with Crippen LogP contribution in [0.5, 0.6) is 5.75 Å². The molecule has 144 valence electrons. The fourth-order valence-electron chi connectivity index (χ4n) is 2.38. The van der Waals surface area contributed by atoms with E-state index in [1.165, 1.54) is 6.21 Å². The molecule has 28 heavy (non-hydrogen) atoms. The third kappa shape index (κ3) is 5.61.